The van der Waals surface area contributed by atoms with Gasteiger partial charge in [0, 0.05) is 18.6 Å². The highest BCUT2D eigenvalue weighted by molar-refractivity contribution is 4.87. The van der Waals surface area contributed by atoms with Gasteiger partial charge in [-0.1, -0.05) is 19.8 Å². The number of hydrogen-bond donors (Lipinski definition) is 1. The Balaban J connectivity index is 1.89. The lowest BCUT2D eigenvalue weighted by atomic mass is 10.0. The van der Waals surface area contributed by atoms with E-state index in [-0.39, 0.29) is 0 Å². The van der Waals surface area contributed by atoms with Gasteiger partial charge in [-0.15, -0.1) is 0 Å². The second kappa shape index (κ2) is 6.02. The molecular formula is C14H28N2. The summed E-state index contributed by atoms with van der Waals surface area (Å²) in [4.78, 5) is 2.81. The molecule has 1 N–H and O–H groups in total. The van der Waals surface area contributed by atoms with Gasteiger partial charge < -0.3 is 5.32 Å². The van der Waals surface area contributed by atoms with Gasteiger partial charge >= 0.3 is 0 Å². The Morgan fingerprint density at radius 2 is 1.94 bits per heavy atom. The molecule has 0 spiro atoms. The molecule has 0 aromatic carbocycles. The summed E-state index contributed by atoms with van der Waals surface area (Å²) in [6, 6.07) is 1.72. The Bertz CT molecular complexity index is 205. The van der Waals surface area contributed by atoms with E-state index in [0.29, 0.717) is 0 Å². The molecule has 2 heteroatoms. The molecule has 0 radical (unpaired) electrons. The maximum absolute atomic E-state index is 3.36. The van der Waals surface area contributed by atoms with Gasteiger partial charge in [-0.05, 0) is 51.6 Å². The first-order valence-corrected chi connectivity index (χ1v) is 7.21. The lowest BCUT2D eigenvalue weighted by molar-refractivity contribution is 0.161. The molecule has 1 saturated carbocycles. The topological polar surface area (TPSA) is 15.3 Å². The Morgan fingerprint density at radius 1 is 1.06 bits per heavy atom. The van der Waals surface area contributed by atoms with Gasteiger partial charge in [0.2, 0.25) is 0 Å². The SMILES string of the molecule is CNCC1CCCN1C1CCCC(C)CC1. The summed E-state index contributed by atoms with van der Waals surface area (Å²) < 4.78 is 0. The molecule has 1 saturated heterocycles. The summed E-state index contributed by atoms with van der Waals surface area (Å²) >= 11 is 0. The standard InChI is InChI=1S/C14H28N2/c1-12-5-3-6-13(9-8-12)16-10-4-7-14(16)11-15-2/h12-15H,3-11H2,1-2H3. The van der Waals surface area contributed by atoms with Crippen molar-refractivity contribution in [2.24, 2.45) is 5.92 Å². The Kier molecular flexibility index (Phi) is 4.66. The number of hydrogen-bond acceptors (Lipinski definition) is 2. The Morgan fingerprint density at radius 3 is 2.75 bits per heavy atom. The van der Waals surface area contributed by atoms with E-state index in [1.807, 2.05) is 0 Å². The van der Waals surface area contributed by atoms with Crippen molar-refractivity contribution in [2.45, 2.75) is 64.0 Å². The van der Waals surface area contributed by atoms with Crippen molar-refractivity contribution < 1.29 is 0 Å². The second-order valence-corrected chi connectivity index (χ2v) is 5.86. The van der Waals surface area contributed by atoms with E-state index in [1.165, 1.54) is 58.0 Å². The molecule has 2 aliphatic rings. The van der Waals surface area contributed by atoms with Crippen molar-refractivity contribution in [1.82, 2.24) is 10.2 Å². The van der Waals surface area contributed by atoms with Crippen LogP contribution in [0.1, 0.15) is 51.9 Å². The molecule has 1 aliphatic carbocycles. The average molecular weight is 224 g/mol. The smallest absolute Gasteiger partial charge is 0.0223 e. The summed E-state index contributed by atoms with van der Waals surface area (Å²) in [5.74, 6) is 0.968. The number of rotatable bonds is 3. The molecule has 3 unspecified atom stereocenters. The number of nitrogens with one attached hydrogen (secondary N) is 1. The summed E-state index contributed by atoms with van der Waals surface area (Å²) in [6.07, 6.45) is 10.1. The van der Waals surface area contributed by atoms with Crippen molar-refractivity contribution >= 4 is 0 Å². The molecule has 94 valence electrons. The molecule has 2 fully saturated rings. The zero-order valence-electron chi connectivity index (χ0n) is 11.0. The van der Waals surface area contributed by atoms with Gasteiger partial charge in [-0.3, -0.25) is 4.90 Å². The highest BCUT2D eigenvalue weighted by Crippen LogP contribution is 2.30. The van der Waals surface area contributed by atoms with Crippen molar-refractivity contribution in [1.29, 1.82) is 0 Å². The fraction of sp³-hybridized carbons (Fsp3) is 1.00. The maximum Gasteiger partial charge on any atom is 0.0223 e. The monoisotopic (exact) mass is 224 g/mol. The van der Waals surface area contributed by atoms with Gasteiger partial charge in [0.05, 0.1) is 0 Å². The lowest BCUT2D eigenvalue weighted by Gasteiger charge is -2.32. The van der Waals surface area contributed by atoms with Crippen LogP contribution < -0.4 is 5.32 Å². The molecule has 1 aliphatic heterocycles. The predicted molar refractivity (Wildman–Crippen MR) is 69.7 cm³/mol. The molecule has 2 nitrogen and oxygen atoms in total. The van der Waals surface area contributed by atoms with Crippen LogP contribution in [0.4, 0.5) is 0 Å². The minimum absolute atomic E-state index is 0.823. The fourth-order valence-electron chi connectivity index (χ4n) is 3.59. The van der Waals surface area contributed by atoms with Crippen LogP contribution in [0.5, 0.6) is 0 Å². The molecule has 0 aromatic heterocycles. The first kappa shape index (κ1) is 12.4. The van der Waals surface area contributed by atoms with Gasteiger partial charge in [-0.2, -0.15) is 0 Å². The summed E-state index contributed by atoms with van der Waals surface area (Å²) in [6.45, 7) is 4.97. The average Bonchev–Trinajstić information content (AvgIpc) is 2.61. The highest BCUT2D eigenvalue weighted by atomic mass is 15.2. The zero-order chi connectivity index (χ0) is 11.4. The van der Waals surface area contributed by atoms with Crippen molar-refractivity contribution in [2.75, 3.05) is 20.1 Å². The maximum atomic E-state index is 3.36. The normalized spacial score (nSPS) is 37.5. The summed E-state index contributed by atoms with van der Waals surface area (Å²) in [5, 5.41) is 3.36. The van der Waals surface area contributed by atoms with Crippen LogP contribution in [0.2, 0.25) is 0 Å². The van der Waals surface area contributed by atoms with Gasteiger partial charge in [0.15, 0.2) is 0 Å². The van der Waals surface area contributed by atoms with Crippen LogP contribution in [-0.4, -0.2) is 37.1 Å². The minimum atomic E-state index is 0.823. The van der Waals surface area contributed by atoms with Gasteiger partial charge in [0.1, 0.15) is 0 Å². The van der Waals surface area contributed by atoms with Crippen LogP contribution in [-0.2, 0) is 0 Å². The van der Waals surface area contributed by atoms with Crippen molar-refractivity contribution in [3.8, 4) is 0 Å². The van der Waals surface area contributed by atoms with Crippen LogP contribution in [0.15, 0.2) is 0 Å². The van der Waals surface area contributed by atoms with E-state index in [4.69, 9.17) is 0 Å². The Hall–Kier alpha value is -0.0800. The third kappa shape index (κ3) is 2.98. The molecule has 0 bridgehead atoms. The fourth-order valence-corrected chi connectivity index (χ4v) is 3.59. The van der Waals surface area contributed by atoms with Crippen molar-refractivity contribution in [3.63, 3.8) is 0 Å². The van der Waals surface area contributed by atoms with E-state index in [2.05, 4.69) is 24.2 Å². The Labute approximate surface area is 101 Å². The predicted octanol–water partition coefficient (Wildman–Crippen LogP) is 2.64. The largest absolute Gasteiger partial charge is 0.318 e. The van der Waals surface area contributed by atoms with Crippen molar-refractivity contribution in [3.05, 3.63) is 0 Å². The first-order valence-electron chi connectivity index (χ1n) is 7.21. The molecule has 0 amide bonds. The zero-order valence-corrected chi connectivity index (χ0v) is 11.0. The van der Waals surface area contributed by atoms with Crippen LogP contribution in [0.3, 0.4) is 0 Å². The van der Waals surface area contributed by atoms with Crippen LogP contribution >= 0.6 is 0 Å². The molecule has 16 heavy (non-hydrogen) atoms. The van der Waals surface area contributed by atoms with E-state index in [1.54, 1.807) is 0 Å². The van der Waals surface area contributed by atoms with Gasteiger partial charge in [0.25, 0.3) is 0 Å². The van der Waals surface area contributed by atoms with Crippen LogP contribution in [0, 0.1) is 5.92 Å². The summed E-state index contributed by atoms with van der Waals surface area (Å²) in [5.41, 5.74) is 0. The van der Waals surface area contributed by atoms with E-state index in [9.17, 15) is 0 Å². The van der Waals surface area contributed by atoms with E-state index >= 15 is 0 Å². The number of likely N-dealkylation sites (tertiary alicyclic amines) is 1. The summed E-state index contributed by atoms with van der Waals surface area (Å²) in [7, 11) is 2.09. The van der Waals surface area contributed by atoms with Crippen LogP contribution in [0.25, 0.3) is 0 Å². The second-order valence-electron chi connectivity index (χ2n) is 5.86. The first-order chi connectivity index (χ1) is 7.81. The molecule has 0 aromatic rings. The molecular weight excluding hydrogens is 196 g/mol. The van der Waals surface area contributed by atoms with Gasteiger partial charge in [-0.25, -0.2) is 0 Å². The third-order valence-electron chi connectivity index (χ3n) is 4.56. The lowest BCUT2D eigenvalue weighted by Crippen LogP contribution is -2.43. The van der Waals surface area contributed by atoms with E-state index < -0.39 is 0 Å². The minimum Gasteiger partial charge on any atom is -0.318 e. The number of nitrogens with zero attached hydrogens (tertiary/aromatic N) is 1. The molecule has 3 atom stereocenters. The third-order valence-corrected chi connectivity index (χ3v) is 4.56. The number of likely N-dealkylation sites (N-methyl/N-ethyl adjacent to an activating group) is 1. The highest BCUT2D eigenvalue weighted by Gasteiger charge is 2.30. The molecule has 1 heterocycles. The quantitative estimate of drug-likeness (QED) is 0.741. The van der Waals surface area contributed by atoms with E-state index in [0.717, 1.165) is 18.0 Å². The molecule has 2 rings (SSSR count).